The Morgan fingerprint density at radius 3 is 2.85 bits per heavy atom. The first-order valence-electron chi connectivity index (χ1n) is 7.07. The standard InChI is InChI=1S/C14H20N4O2/c1-2-3-7-14(16-17-14)8-6-12(19)15-9-11-18-10-4-5-13(18)20/h1H,3-11H2,(H,15,19). The number of hydrogen-bond donors (Lipinski definition) is 1. The smallest absolute Gasteiger partial charge is 0.222 e. The van der Waals surface area contributed by atoms with E-state index in [4.69, 9.17) is 6.42 Å². The Hall–Kier alpha value is -1.90. The average molecular weight is 276 g/mol. The minimum atomic E-state index is -0.394. The third-order valence-corrected chi connectivity index (χ3v) is 3.68. The topological polar surface area (TPSA) is 74.1 Å². The molecule has 0 aromatic heterocycles. The largest absolute Gasteiger partial charge is 0.354 e. The van der Waals surface area contributed by atoms with E-state index in [2.05, 4.69) is 21.5 Å². The summed E-state index contributed by atoms with van der Waals surface area (Å²) >= 11 is 0. The summed E-state index contributed by atoms with van der Waals surface area (Å²) in [5.41, 5.74) is -0.394. The fourth-order valence-electron chi connectivity index (χ4n) is 2.34. The maximum Gasteiger partial charge on any atom is 0.222 e. The molecule has 0 bridgehead atoms. The highest BCUT2D eigenvalue weighted by Gasteiger charge is 2.39. The van der Waals surface area contributed by atoms with Gasteiger partial charge in [0.15, 0.2) is 5.66 Å². The molecule has 6 nitrogen and oxygen atoms in total. The summed E-state index contributed by atoms with van der Waals surface area (Å²) in [4.78, 5) is 24.9. The Kier molecular flexibility index (Phi) is 4.72. The molecule has 0 aliphatic carbocycles. The first-order chi connectivity index (χ1) is 9.65. The van der Waals surface area contributed by atoms with Crippen molar-refractivity contribution in [3.8, 4) is 12.3 Å². The van der Waals surface area contributed by atoms with E-state index in [-0.39, 0.29) is 11.8 Å². The summed E-state index contributed by atoms with van der Waals surface area (Å²) in [6.45, 7) is 1.92. The predicted molar refractivity (Wildman–Crippen MR) is 73.7 cm³/mol. The maximum absolute atomic E-state index is 11.7. The van der Waals surface area contributed by atoms with Crippen LogP contribution >= 0.6 is 0 Å². The van der Waals surface area contributed by atoms with Gasteiger partial charge >= 0.3 is 0 Å². The van der Waals surface area contributed by atoms with Crippen LogP contribution in [0.5, 0.6) is 0 Å². The summed E-state index contributed by atoms with van der Waals surface area (Å²) in [6, 6.07) is 0. The Labute approximate surface area is 119 Å². The van der Waals surface area contributed by atoms with Gasteiger partial charge in [0.25, 0.3) is 0 Å². The van der Waals surface area contributed by atoms with Gasteiger partial charge < -0.3 is 10.2 Å². The molecule has 1 N–H and O–H groups in total. The third-order valence-electron chi connectivity index (χ3n) is 3.68. The van der Waals surface area contributed by atoms with Crippen LogP contribution in [0.3, 0.4) is 0 Å². The summed E-state index contributed by atoms with van der Waals surface area (Å²) in [7, 11) is 0. The molecule has 2 heterocycles. The van der Waals surface area contributed by atoms with Gasteiger partial charge in [-0.2, -0.15) is 10.2 Å². The Morgan fingerprint density at radius 1 is 1.45 bits per heavy atom. The molecule has 1 fully saturated rings. The molecule has 2 aliphatic rings. The lowest BCUT2D eigenvalue weighted by atomic mass is 10.0. The highest BCUT2D eigenvalue weighted by Crippen LogP contribution is 2.37. The van der Waals surface area contributed by atoms with E-state index in [0.717, 1.165) is 19.4 Å². The van der Waals surface area contributed by atoms with Crippen LogP contribution in [0.4, 0.5) is 0 Å². The van der Waals surface area contributed by atoms with Crippen LogP contribution in [0.25, 0.3) is 0 Å². The van der Waals surface area contributed by atoms with Crippen molar-refractivity contribution in [2.75, 3.05) is 19.6 Å². The number of hydrogen-bond acceptors (Lipinski definition) is 4. The fraction of sp³-hybridized carbons (Fsp3) is 0.714. The zero-order valence-corrected chi connectivity index (χ0v) is 11.6. The van der Waals surface area contributed by atoms with E-state index < -0.39 is 5.66 Å². The van der Waals surface area contributed by atoms with Crippen LogP contribution in [-0.4, -0.2) is 42.0 Å². The van der Waals surface area contributed by atoms with Crippen LogP contribution < -0.4 is 5.32 Å². The summed E-state index contributed by atoms with van der Waals surface area (Å²) in [6.07, 6.45) is 9.13. The second kappa shape index (κ2) is 6.51. The van der Waals surface area contributed by atoms with E-state index >= 15 is 0 Å². The van der Waals surface area contributed by atoms with Crippen molar-refractivity contribution in [1.82, 2.24) is 10.2 Å². The fourth-order valence-corrected chi connectivity index (χ4v) is 2.34. The number of carbonyl (C=O) groups excluding carboxylic acids is 2. The van der Waals surface area contributed by atoms with Crippen molar-refractivity contribution in [2.24, 2.45) is 10.2 Å². The van der Waals surface area contributed by atoms with Crippen LogP contribution in [-0.2, 0) is 9.59 Å². The zero-order valence-electron chi connectivity index (χ0n) is 11.6. The van der Waals surface area contributed by atoms with Gasteiger partial charge in [-0.15, -0.1) is 12.3 Å². The van der Waals surface area contributed by atoms with Gasteiger partial charge in [0.1, 0.15) is 0 Å². The SMILES string of the molecule is C#CCCC1(CCC(=O)NCCN2CCCC2=O)N=N1. The summed E-state index contributed by atoms with van der Waals surface area (Å²) < 4.78 is 0. The molecule has 20 heavy (non-hydrogen) atoms. The van der Waals surface area contributed by atoms with E-state index in [1.165, 1.54) is 0 Å². The van der Waals surface area contributed by atoms with Gasteiger partial charge in [-0.1, -0.05) is 0 Å². The molecular formula is C14H20N4O2. The first kappa shape index (κ1) is 14.5. The molecule has 0 radical (unpaired) electrons. The molecule has 108 valence electrons. The highest BCUT2D eigenvalue weighted by atomic mass is 16.2. The van der Waals surface area contributed by atoms with Gasteiger partial charge in [-0.05, 0) is 6.42 Å². The number of amides is 2. The van der Waals surface area contributed by atoms with Gasteiger partial charge in [0, 0.05) is 51.7 Å². The molecule has 1 saturated heterocycles. The average Bonchev–Trinajstić information content (AvgIpc) is 3.11. The number of carbonyl (C=O) groups is 2. The zero-order chi connectivity index (χ0) is 14.4. The molecule has 2 rings (SSSR count). The molecule has 2 amide bonds. The number of rotatable bonds is 8. The van der Waals surface area contributed by atoms with E-state index in [1.807, 2.05) is 0 Å². The van der Waals surface area contributed by atoms with Gasteiger partial charge in [0.2, 0.25) is 11.8 Å². The molecule has 6 heteroatoms. The van der Waals surface area contributed by atoms with Crippen molar-refractivity contribution in [3.05, 3.63) is 0 Å². The molecular weight excluding hydrogens is 256 g/mol. The van der Waals surface area contributed by atoms with Crippen molar-refractivity contribution in [3.63, 3.8) is 0 Å². The lowest BCUT2D eigenvalue weighted by molar-refractivity contribution is -0.128. The number of likely N-dealkylation sites (tertiary alicyclic amines) is 1. The van der Waals surface area contributed by atoms with Crippen LogP contribution in [0.15, 0.2) is 10.2 Å². The third kappa shape index (κ3) is 4.05. The lowest BCUT2D eigenvalue weighted by Crippen LogP contribution is -2.35. The molecule has 2 aliphatic heterocycles. The van der Waals surface area contributed by atoms with E-state index in [9.17, 15) is 9.59 Å². The monoisotopic (exact) mass is 276 g/mol. The van der Waals surface area contributed by atoms with Crippen LogP contribution in [0, 0.1) is 12.3 Å². The van der Waals surface area contributed by atoms with Crippen molar-refractivity contribution < 1.29 is 9.59 Å². The molecule has 0 atom stereocenters. The number of terminal acetylenes is 1. The minimum Gasteiger partial charge on any atom is -0.354 e. The van der Waals surface area contributed by atoms with Crippen LogP contribution in [0.1, 0.15) is 38.5 Å². The molecule has 0 aromatic carbocycles. The molecule has 0 unspecified atom stereocenters. The minimum absolute atomic E-state index is 0.0194. The summed E-state index contributed by atoms with van der Waals surface area (Å²) in [5, 5.41) is 10.8. The normalized spacial score (nSPS) is 18.9. The van der Waals surface area contributed by atoms with Gasteiger partial charge in [-0.3, -0.25) is 9.59 Å². The molecule has 0 spiro atoms. The van der Waals surface area contributed by atoms with Crippen molar-refractivity contribution in [1.29, 1.82) is 0 Å². The highest BCUT2D eigenvalue weighted by molar-refractivity contribution is 5.78. The Bertz CT molecular complexity index is 447. The lowest BCUT2D eigenvalue weighted by Gasteiger charge is -2.15. The maximum atomic E-state index is 11.7. The Balaban J connectivity index is 1.57. The second-order valence-corrected chi connectivity index (χ2v) is 5.22. The molecule has 0 aromatic rings. The predicted octanol–water partition coefficient (Wildman–Crippen LogP) is 1.08. The quantitative estimate of drug-likeness (QED) is 0.674. The second-order valence-electron chi connectivity index (χ2n) is 5.22. The summed E-state index contributed by atoms with van der Waals surface area (Å²) in [5.74, 6) is 2.73. The first-order valence-corrected chi connectivity index (χ1v) is 7.07. The van der Waals surface area contributed by atoms with Crippen molar-refractivity contribution in [2.45, 2.75) is 44.2 Å². The van der Waals surface area contributed by atoms with Gasteiger partial charge in [-0.25, -0.2) is 0 Å². The van der Waals surface area contributed by atoms with E-state index in [1.54, 1.807) is 4.90 Å². The molecule has 0 saturated carbocycles. The van der Waals surface area contributed by atoms with E-state index in [0.29, 0.717) is 38.8 Å². The van der Waals surface area contributed by atoms with Crippen LogP contribution in [0.2, 0.25) is 0 Å². The number of nitrogens with zero attached hydrogens (tertiary/aromatic N) is 3. The Morgan fingerprint density at radius 2 is 2.25 bits per heavy atom. The van der Waals surface area contributed by atoms with Gasteiger partial charge in [0.05, 0.1) is 0 Å². The van der Waals surface area contributed by atoms with Crippen molar-refractivity contribution >= 4 is 11.8 Å². The number of nitrogens with one attached hydrogen (secondary N) is 1.